The van der Waals surface area contributed by atoms with Gasteiger partial charge in [-0.2, -0.15) is 5.10 Å². The molecule has 7 heteroatoms. The summed E-state index contributed by atoms with van der Waals surface area (Å²) < 4.78 is 0. The second kappa shape index (κ2) is 6.13. The summed E-state index contributed by atoms with van der Waals surface area (Å²) in [5.74, 6) is 0.0703. The lowest BCUT2D eigenvalue weighted by molar-refractivity contribution is -0.122. The first-order valence-corrected chi connectivity index (χ1v) is 7.12. The molecule has 4 N–H and O–H groups in total. The van der Waals surface area contributed by atoms with Crippen molar-refractivity contribution in [2.24, 2.45) is 11.1 Å². The van der Waals surface area contributed by atoms with Gasteiger partial charge >= 0.3 is 0 Å². The Labute approximate surface area is 122 Å². The molecule has 2 rings (SSSR count). The Bertz CT molecular complexity index is 541. The minimum atomic E-state index is -0.802. The molecule has 1 aromatic heterocycles. The second-order valence-corrected chi connectivity index (χ2v) is 5.56. The second-order valence-electron chi connectivity index (χ2n) is 5.12. The zero-order chi connectivity index (χ0) is 14.6. The van der Waals surface area contributed by atoms with E-state index in [0.29, 0.717) is 18.7 Å². The molecular formula is C13H18N4O2S. The van der Waals surface area contributed by atoms with E-state index in [-0.39, 0.29) is 16.5 Å². The zero-order valence-corrected chi connectivity index (χ0v) is 12.0. The van der Waals surface area contributed by atoms with Gasteiger partial charge in [-0.3, -0.25) is 9.59 Å². The monoisotopic (exact) mass is 294 g/mol. The van der Waals surface area contributed by atoms with Gasteiger partial charge in [0.1, 0.15) is 0 Å². The number of amides is 1. The van der Waals surface area contributed by atoms with Crippen molar-refractivity contribution in [3.05, 3.63) is 22.5 Å². The third kappa shape index (κ3) is 3.04. The molecule has 1 aromatic rings. The van der Waals surface area contributed by atoms with E-state index >= 15 is 0 Å². The van der Waals surface area contributed by atoms with Crippen molar-refractivity contribution >= 4 is 28.9 Å². The molecule has 1 aliphatic carbocycles. The number of nitrogens with zero attached hydrogens (tertiary/aromatic N) is 1. The zero-order valence-electron chi connectivity index (χ0n) is 11.1. The van der Waals surface area contributed by atoms with Crippen LogP contribution in [0.25, 0.3) is 0 Å². The minimum Gasteiger partial charge on any atom is -0.392 e. The Hall–Kier alpha value is -1.76. The minimum absolute atomic E-state index is 0.230. The fourth-order valence-electron chi connectivity index (χ4n) is 2.57. The van der Waals surface area contributed by atoms with Crippen molar-refractivity contribution in [1.82, 2.24) is 10.2 Å². The lowest BCUT2D eigenvalue weighted by Crippen LogP contribution is -2.45. The first-order valence-electron chi connectivity index (χ1n) is 6.72. The Kier molecular flexibility index (Phi) is 4.49. The highest BCUT2D eigenvalue weighted by molar-refractivity contribution is 7.80. The van der Waals surface area contributed by atoms with Crippen LogP contribution in [-0.2, 0) is 4.79 Å². The molecular weight excluding hydrogens is 276 g/mol. The SMILES string of the molecule is NC(=S)C1(C(=O)Nc2ccc(=O)[nH]n2)CCCCCC1. The van der Waals surface area contributed by atoms with E-state index < -0.39 is 5.41 Å². The van der Waals surface area contributed by atoms with Crippen LogP contribution in [0.3, 0.4) is 0 Å². The number of rotatable bonds is 3. The third-order valence-corrected chi connectivity index (χ3v) is 4.17. The average Bonchev–Trinajstić information content (AvgIpc) is 2.68. The number of H-pyrrole nitrogens is 1. The van der Waals surface area contributed by atoms with Crippen LogP contribution in [0.5, 0.6) is 0 Å². The van der Waals surface area contributed by atoms with E-state index in [9.17, 15) is 9.59 Å². The largest absolute Gasteiger partial charge is 0.392 e. The molecule has 0 spiro atoms. The van der Waals surface area contributed by atoms with E-state index in [1.54, 1.807) is 0 Å². The molecule has 0 radical (unpaired) electrons. The van der Waals surface area contributed by atoms with Crippen LogP contribution < -0.4 is 16.6 Å². The lowest BCUT2D eigenvalue weighted by Gasteiger charge is -2.29. The summed E-state index contributed by atoms with van der Waals surface area (Å²) in [6.45, 7) is 0. The molecule has 0 aromatic carbocycles. The van der Waals surface area contributed by atoms with Gasteiger partial charge in [0.05, 0.1) is 10.4 Å². The fourth-order valence-corrected chi connectivity index (χ4v) is 2.86. The molecule has 20 heavy (non-hydrogen) atoms. The van der Waals surface area contributed by atoms with Gasteiger partial charge in [-0.25, -0.2) is 5.10 Å². The van der Waals surface area contributed by atoms with Gasteiger partial charge in [-0.1, -0.05) is 37.9 Å². The predicted molar refractivity (Wildman–Crippen MR) is 80.4 cm³/mol. The van der Waals surface area contributed by atoms with Crippen molar-refractivity contribution in [3.63, 3.8) is 0 Å². The van der Waals surface area contributed by atoms with E-state index in [2.05, 4.69) is 15.5 Å². The summed E-state index contributed by atoms with van der Waals surface area (Å²) in [5, 5.41) is 8.75. The van der Waals surface area contributed by atoms with Crippen LogP contribution >= 0.6 is 12.2 Å². The molecule has 0 bridgehead atoms. The highest BCUT2D eigenvalue weighted by Gasteiger charge is 2.41. The van der Waals surface area contributed by atoms with E-state index in [1.807, 2.05) is 0 Å². The van der Waals surface area contributed by atoms with Crippen LogP contribution in [0.1, 0.15) is 38.5 Å². The number of carbonyl (C=O) groups is 1. The molecule has 0 saturated heterocycles. The number of anilines is 1. The summed E-state index contributed by atoms with van der Waals surface area (Å²) in [5.41, 5.74) is 4.72. The van der Waals surface area contributed by atoms with Crippen LogP contribution in [0.15, 0.2) is 16.9 Å². The van der Waals surface area contributed by atoms with Crippen LogP contribution in [-0.4, -0.2) is 21.1 Å². The average molecular weight is 294 g/mol. The normalized spacial score (nSPS) is 18.0. The molecule has 0 unspecified atom stereocenters. The van der Waals surface area contributed by atoms with E-state index in [1.165, 1.54) is 12.1 Å². The molecule has 1 saturated carbocycles. The molecule has 1 aliphatic rings. The van der Waals surface area contributed by atoms with Gasteiger partial charge in [-0.05, 0) is 18.9 Å². The number of nitrogens with two attached hydrogens (primary N) is 1. The smallest absolute Gasteiger partial charge is 0.264 e. The van der Waals surface area contributed by atoms with Crippen molar-refractivity contribution in [1.29, 1.82) is 0 Å². The molecule has 6 nitrogen and oxygen atoms in total. The summed E-state index contributed by atoms with van der Waals surface area (Å²) in [4.78, 5) is 23.7. The number of carbonyl (C=O) groups excluding carboxylic acids is 1. The van der Waals surface area contributed by atoms with Gasteiger partial charge < -0.3 is 11.1 Å². The maximum absolute atomic E-state index is 12.6. The van der Waals surface area contributed by atoms with Crippen LogP contribution in [0.2, 0.25) is 0 Å². The number of thiocarbonyl (C=S) groups is 1. The summed E-state index contributed by atoms with van der Waals surface area (Å²) >= 11 is 5.14. The maximum atomic E-state index is 12.6. The van der Waals surface area contributed by atoms with Crippen LogP contribution in [0.4, 0.5) is 5.82 Å². The summed E-state index contributed by atoms with van der Waals surface area (Å²) in [6.07, 6.45) is 5.38. The van der Waals surface area contributed by atoms with Crippen molar-refractivity contribution in [2.45, 2.75) is 38.5 Å². The first kappa shape index (κ1) is 14.6. The van der Waals surface area contributed by atoms with Crippen LogP contribution in [0, 0.1) is 5.41 Å². The Morgan fingerprint density at radius 2 is 1.95 bits per heavy atom. The number of aromatic amines is 1. The molecule has 0 atom stereocenters. The lowest BCUT2D eigenvalue weighted by atomic mass is 9.79. The molecule has 1 heterocycles. The molecule has 1 fully saturated rings. The van der Waals surface area contributed by atoms with Crippen molar-refractivity contribution in [3.8, 4) is 0 Å². The van der Waals surface area contributed by atoms with E-state index in [0.717, 1.165) is 25.7 Å². The number of nitrogens with one attached hydrogen (secondary N) is 2. The van der Waals surface area contributed by atoms with Gasteiger partial charge in [0.15, 0.2) is 5.82 Å². The third-order valence-electron chi connectivity index (χ3n) is 3.78. The Morgan fingerprint density at radius 1 is 1.30 bits per heavy atom. The standard InChI is InChI=1S/C13H18N4O2S/c14-11(20)13(7-3-1-2-4-8-13)12(19)15-9-5-6-10(18)17-16-9/h5-6H,1-4,7-8H2,(H2,14,20)(H,17,18)(H,15,16,19). The van der Waals surface area contributed by atoms with Crippen molar-refractivity contribution < 1.29 is 4.79 Å². The summed E-state index contributed by atoms with van der Waals surface area (Å²) in [6, 6.07) is 2.77. The quantitative estimate of drug-likeness (QED) is 0.577. The number of hydrogen-bond donors (Lipinski definition) is 3. The topological polar surface area (TPSA) is 101 Å². The van der Waals surface area contributed by atoms with Gasteiger partial charge in [-0.15, -0.1) is 0 Å². The summed E-state index contributed by atoms with van der Waals surface area (Å²) in [7, 11) is 0. The molecule has 1 amide bonds. The van der Waals surface area contributed by atoms with Gasteiger partial charge in [0.25, 0.3) is 5.56 Å². The molecule has 0 aliphatic heterocycles. The highest BCUT2D eigenvalue weighted by atomic mass is 32.1. The van der Waals surface area contributed by atoms with Gasteiger partial charge in [0, 0.05) is 6.07 Å². The first-order chi connectivity index (χ1) is 9.54. The predicted octanol–water partition coefficient (Wildman–Crippen LogP) is 1.34. The number of hydrogen-bond acceptors (Lipinski definition) is 4. The highest BCUT2D eigenvalue weighted by Crippen LogP contribution is 2.36. The molecule has 108 valence electrons. The maximum Gasteiger partial charge on any atom is 0.264 e. The van der Waals surface area contributed by atoms with Gasteiger partial charge in [0.2, 0.25) is 5.91 Å². The fraction of sp³-hybridized carbons (Fsp3) is 0.538. The number of aromatic nitrogens is 2. The van der Waals surface area contributed by atoms with Crippen molar-refractivity contribution in [2.75, 3.05) is 5.32 Å². The Morgan fingerprint density at radius 3 is 2.45 bits per heavy atom. The Balaban J connectivity index is 2.20. The van der Waals surface area contributed by atoms with E-state index in [4.69, 9.17) is 18.0 Å².